The average molecular weight is 323 g/mol. The topological polar surface area (TPSA) is 82.5 Å². The Kier molecular flexibility index (Phi) is 3.64. The zero-order valence-corrected chi connectivity index (χ0v) is 12.8. The number of thiophene rings is 1. The Labute approximate surface area is 129 Å². The minimum absolute atomic E-state index is 0.390. The molecule has 1 atom stereocenters. The number of hydrogen-bond donors (Lipinski definition) is 2. The monoisotopic (exact) mass is 323 g/mol. The largest absolute Gasteiger partial charge is 0.479 e. The van der Waals surface area contributed by atoms with Gasteiger partial charge in [0.05, 0.1) is 5.69 Å². The van der Waals surface area contributed by atoms with Gasteiger partial charge in [0.1, 0.15) is 0 Å². The molecule has 0 spiro atoms. The van der Waals surface area contributed by atoms with Crippen LogP contribution in [0.3, 0.4) is 0 Å². The van der Waals surface area contributed by atoms with Crippen molar-refractivity contribution in [2.75, 3.05) is 11.9 Å². The summed E-state index contributed by atoms with van der Waals surface area (Å²) >= 11 is 2.86. The molecule has 3 heterocycles. The molecule has 2 aromatic rings. The third kappa shape index (κ3) is 2.64. The number of aliphatic carboxylic acids is 1. The number of thiazole rings is 1. The number of nitrogens with zero attached hydrogens (tertiary/aromatic N) is 2. The van der Waals surface area contributed by atoms with Crippen LogP contribution in [0.5, 0.6) is 0 Å². The lowest BCUT2D eigenvalue weighted by Gasteiger charge is -2.32. The number of anilines is 1. The first-order valence-electron chi connectivity index (χ1n) is 6.35. The summed E-state index contributed by atoms with van der Waals surface area (Å²) in [6.45, 7) is 2.23. The highest BCUT2D eigenvalue weighted by molar-refractivity contribution is 7.13. The predicted molar refractivity (Wildman–Crippen MR) is 81.0 cm³/mol. The summed E-state index contributed by atoms with van der Waals surface area (Å²) in [5, 5.41) is 16.3. The van der Waals surface area contributed by atoms with Gasteiger partial charge in [0.2, 0.25) is 0 Å². The van der Waals surface area contributed by atoms with Crippen molar-refractivity contribution in [1.82, 2.24) is 9.88 Å². The first kappa shape index (κ1) is 14.0. The maximum Gasteiger partial charge on any atom is 0.331 e. The van der Waals surface area contributed by atoms with E-state index in [0.717, 1.165) is 10.6 Å². The minimum Gasteiger partial charge on any atom is -0.479 e. The van der Waals surface area contributed by atoms with E-state index in [2.05, 4.69) is 10.3 Å². The lowest BCUT2D eigenvalue weighted by molar-refractivity contribution is -0.142. The first-order chi connectivity index (χ1) is 10.1. The van der Waals surface area contributed by atoms with Gasteiger partial charge in [-0.05, 0) is 30.4 Å². The highest BCUT2D eigenvalue weighted by Crippen LogP contribution is 2.33. The molecule has 1 unspecified atom stereocenters. The van der Waals surface area contributed by atoms with Gasteiger partial charge < -0.3 is 10.0 Å². The number of aryl methyl sites for hydroxylation is 1. The number of amides is 2. The third-order valence-corrected chi connectivity index (χ3v) is 5.17. The van der Waals surface area contributed by atoms with Crippen LogP contribution in [0.15, 0.2) is 16.8 Å². The van der Waals surface area contributed by atoms with Crippen LogP contribution < -0.4 is 5.32 Å². The highest BCUT2D eigenvalue weighted by Gasteiger charge is 2.36. The third-order valence-electron chi connectivity index (χ3n) is 3.29. The van der Waals surface area contributed by atoms with Crippen LogP contribution in [0.1, 0.15) is 22.2 Å². The molecule has 0 aliphatic carbocycles. The van der Waals surface area contributed by atoms with Gasteiger partial charge in [-0.1, -0.05) is 0 Å². The van der Waals surface area contributed by atoms with Crippen molar-refractivity contribution < 1.29 is 14.7 Å². The summed E-state index contributed by atoms with van der Waals surface area (Å²) in [4.78, 5) is 30.5. The SMILES string of the molecule is Cc1csc(NC(=O)N2CCc3sccc3C2C(=O)O)n1. The highest BCUT2D eigenvalue weighted by atomic mass is 32.1. The second-order valence-electron chi connectivity index (χ2n) is 4.71. The van der Waals surface area contributed by atoms with Gasteiger partial charge in [0, 0.05) is 16.8 Å². The second-order valence-corrected chi connectivity index (χ2v) is 6.57. The number of aromatic nitrogens is 1. The van der Waals surface area contributed by atoms with Crippen LogP contribution in [0.4, 0.5) is 9.93 Å². The molecule has 0 saturated carbocycles. The number of nitrogens with one attached hydrogen (secondary N) is 1. The molecular formula is C13H13N3O3S2. The molecule has 0 aromatic carbocycles. The Balaban J connectivity index is 1.84. The van der Waals surface area contributed by atoms with Crippen LogP contribution in [0, 0.1) is 6.92 Å². The lowest BCUT2D eigenvalue weighted by atomic mass is 10.0. The molecule has 2 aromatic heterocycles. The van der Waals surface area contributed by atoms with Crippen molar-refractivity contribution in [3.05, 3.63) is 33.0 Å². The summed E-state index contributed by atoms with van der Waals surface area (Å²) in [5.41, 5.74) is 1.54. The number of fused-ring (bicyclic) bond motifs is 1. The normalized spacial score (nSPS) is 17.4. The molecule has 2 N–H and O–H groups in total. The van der Waals surface area contributed by atoms with E-state index in [1.807, 2.05) is 17.7 Å². The fraction of sp³-hybridized carbons (Fsp3) is 0.308. The maximum absolute atomic E-state index is 12.3. The van der Waals surface area contributed by atoms with Crippen LogP contribution in [-0.2, 0) is 11.2 Å². The number of urea groups is 1. The van der Waals surface area contributed by atoms with Crippen molar-refractivity contribution in [1.29, 1.82) is 0 Å². The predicted octanol–water partition coefficient (Wildman–Crippen LogP) is 2.73. The molecule has 110 valence electrons. The smallest absolute Gasteiger partial charge is 0.331 e. The number of hydrogen-bond acceptors (Lipinski definition) is 5. The summed E-state index contributed by atoms with van der Waals surface area (Å²) in [7, 11) is 0. The van der Waals surface area contributed by atoms with Gasteiger partial charge >= 0.3 is 12.0 Å². The van der Waals surface area contributed by atoms with Gasteiger partial charge in [-0.25, -0.2) is 14.6 Å². The van der Waals surface area contributed by atoms with Gasteiger partial charge in [0.25, 0.3) is 0 Å². The molecule has 0 bridgehead atoms. The van der Waals surface area contributed by atoms with Crippen molar-refractivity contribution in [2.24, 2.45) is 0 Å². The Hall–Kier alpha value is -1.93. The quantitative estimate of drug-likeness (QED) is 0.890. The summed E-state index contributed by atoms with van der Waals surface area (Å²) in [6.07, 6.45) is 0.682. The minimum atomic E-state index is -1.01. The van der Waals surface area contributed by atoms with E-state index < -0.39 is 18.0 Å². The van der Waals surface area contributed by atoms with Crippen LogP contribution in [0.2, 0.25) is 0 Å². The van der Waals surface area contributed by atoms with E-state index in [9.17, 15) is 14.7 Å². The van der Waals surface area contributed by atoms with E-state index in [4.69, 9.17) is 0 Å². The molecule has 0 saturated heterocycles. The van der Waals surface area contributed by atoms with Gasteiger partial charge in [-0.2, -0.15) is 0 Å². The Morgan fingerprint density at radius 3 is 2.95 bits per heavy atom. The van der Waals surface area contributed by atoms with Gasteiger partial charge in [0.15, 0.2) is 11.2 Å². The Morgan fingerprint density at radius 2 is 2.29 bits per heavy atom. The van der Waals surface area contributed by atoms with Gasteiger partial charge in [-0.3, -0.25) is 5.32 Å². The summed E-state index contributed by atoms with van der Waals surface area (Å²) < 4.78 is 0. The molecule has 1 aliphatic heterocycles. The maximum atomic E-state index is 12.3. The van der Waals surface area contributed by atoms with Crippen molar-refractivity contribution in [3.8, 4) is 0 Å². The zero-order valence-electron chi connectivity index (χ0n) is 11.2. The van der Waals surface area contributed by atoms with Crippen LogP contribution in [-0.4, -0.2) is 33.5 Å². The first-order valence-corrected chi connectivity index (χ1v) is 8.11. The molecule has 2 amide bonds. The molecular weight excluding hydrogens is 310 g/mol. The fourth-order valence-corrected chi connectivity index (χ4v) is 3.96. The van der Waals surface area contributed by atoms with Crippen molar-refractivity contribution in [3.63, 3.8) is 0 Å². The van der Waals surface area contributed by atoms with E-state index in [-0.39, 0.29) is 0 Å². The summed E-state index contributed by atoms with van der Waals surface area (Å²) in [6, 6.07) is 0.431. The second kappa shape index (κ2) is 5.45. The standard InChI is InChI=1S/C13H13N3O3S2/c1-7-6-21-12(14-7)15-13(19)16-4-2-9-8(3-5-20-9)10(16)11(17)18/h3,5-6,10H,2,4H2,1H3,(H,17,18)(H,14,15,19). The van der Waals surface area contributed by atoms with Gasteiger partial charge in [-0.15, -0.1) is 22.7 Å². The van der Waals surface area contributed by atoms with Crippen LogP contribution >= 0.6 is 22.7 Å². The molecule has 6 nitrogen and oxygen atoms in total. The van der Waals surface area contributed by atoms with E-state index in [1.54, 1.807) is 6.07 Å². The van der Waals surface area contributed by atoms with E-state index in [1.165, 1.54) is 27.6 Å². The van der Waals surface area contributed by atoms with Crippen molar-refractivity contribution in [2.45, 2.75) is 19.4 Å². The van der Waals surface area contributed by atoms with Crippen molar-refractivity contribution >= 4 is 39.8 Å². The van der Waals surface area contributed by atoms with Crippen LogP contribution in [0.25, 0.3) is 0 Å². The molecule has 3 rings (SSSR count). The molecule has 21 heavy (non-hydrogen) atoms. The number of carbonyl (C=O) groups excluding carboxylic acids is 1. The Bertz CT molecular complexity index is 694. The molecule has 8 heteroatoms. The fourth-order valence-electron chi connectivity index (χ4n) is 2.38. The number of carboxylic acid groups (broad SMARTS) is 1. The molecule has 0 fully saturated rings. The number of carbonyl (C=O) groups is 2. The van der Waals surface area contributed by atoms with E-state index >= 15 is 0 Å². The van der Waals surface area contributed by atoms with E-state index in [0.29, 0.717) is 23.7 Å². The molecule has 0 radical (unpaired) electrons. The Morgan fingerprint density at radius 1 is 1.48 bits per heavy atom. The molecule has 1 aliphatic rings. The number of rotatable bonds is 2. The summed E-state index contributed by atoms with van der Waals surface area (Å²) in [5.74, 6) is -1.01. The zero-order chi connectivity index (χ0) is 15.0. The lowest BCUT2D eigenvalue weighted by Crippen LogP contribution is -2.45. The average Bonchev–Trinajstić information content (AvgIpc) is 3.05. The number of carboxylic acids is 1.